The monoisotopic (exact) mass is 236 g/mol. The number of nitrogens with two attached hydrogens (primary N) is 1. The minimum Gasteiger partial charge on any atom is -0.364 e. The van der Waals surface area contributed by atoms with E-state index in [0.717, 1.165) is 5.56 Å². The zero-order valence-electron chi connectivity index (χ0n) is 8.30. The molecule has 0 saturated carbocycles. The first-order chi connectivity index (χ1) is 7.65. The summed E-state index contributed by atoms with van der Waals surface area (Å²) < 4.78 is 1.53. The van der Waals surface area contributed by atoms with Gasteiger partial charge in [-0.2, -0.15) is 0 Å². The first-order valence-corrected chi connectivity index (χ1v) is 4.97. The van der Waals surface area contributed by atoms with Gasteiger partial charge in [0.05, 0.1) is 12.7 Å². The Morgan fingerprint density at radius 2 is 2.31 bits per heavy atom. The van der Waals surface area contributed by atoms with Crippen molar-refractivity contribution in [3.63, 3.8) is 0 Å². The zero-order chi connectivity index (χ0) is 11.5. The van der Waals surface area contributed by atoms with Gasteiger partial charge in [-0.25, -0.2) is 4.68 Å². The van der Waals surface area contributed by atoms with Gasteiger partial charge in [0.25, 0.3) is 5.91 Å². The molecule has 1 amide bonds. The second-order valence-electron chi connectivity index (χ2n) is 3.30. The average molecular weight is 237 g/mol. The Balaban J connectivity index is 2.17. The van der Waals surface area contributed by atoms with Crippen LogP contribution in [0.2, 0.25) is 5.02 Å². The number of rotatable bonds is 3. The normalized spacial score (nSPS) is 10.3. The number of amides is 1. The molecule has 1 heterocycles. The van der Waals surface area contributed by atoms with Crippen molar-refractivity contribution < 1.29 is 4.79 Å². The molecule has 2 N–H and O–H groups in total. The second-order valence-corrected chi connectivity index (χ2v) is 3.73. The Labute approximate surface area is 96.8 Å². The first kappa shape index (κ1) is 10.6. The van der Waals surface area contributed by atoms with E-state index < -0.39 is 5.91 Å². The van der Waals surface area contributed by atoms with Crippen molar-refractivity contribution in [3.8, 4) is 0 Å². The van der Waals surface area contributed by atoms with Gasteiger partial charge in [-0.15, -0.1) is 5.10 Å². The fraction of sp³-hybridized carbons (Fsp3) is 0.100. The predicted molar refractivity (Wildman–Crippen MR) is 59.1 cm³/mol. The minimum atomic E-state index is -0.586. The van der Waals surface area contributed by atoms with E-state index >= 15 is 0 Å². The summed E-state index contributed by atoms with van der Waals surface area (Å²) in [6.45, 7) is 0.501. The largest absolute Gasteiger partial charge is 0.364 e. The van der Waals surface area contributed by atoms with E-state index in [0.29, 0.717) is 11.6 Å². The molecule has 1 aromatic carbocycles. The smallest absolute Gasteiger partial charge is 0.270 e. The molecule has 82 valence electrons. The van der Waals surface area contributed by atoms with Gasteiger partial charge < -0.3 is 5.73 Å². The molecule has 1 aromatic heterocycles. The number of halogens is 1. The molecule has 0 aliphatic rings. The van der Waals surface area contributed by atoms with Gasteiger partial charge in [-0.3, -0.25) is 4.79 Å². The van der Waals surface area contributed by atoms with Crippen LogP contribution in [-0.4, -0.2) is 20.9 Å². The summed E-state index contributed by atoms with van der Waals surface area (Å²) in [6, 6.07) is 7.38. The summed E-state index contributed by atoms with van der Waals surface area (Å²) in [5.41, 5.74) is 6.20. The molecule has 0 radical (unpaired) electrons. The maximum atomic E-state index is 10.8. The number of carbonyl (C=O) groups excluding carboxylic acids is 1. The molecule has 2 aromatic rings. The number of hydrogen-bond donors (Lipinski definition) is 1. The van der Waals surface area contributed by atoms with Gasteiger partial charge in [-0.1, -0.05) is 28.9 Å². The lowest BCUT2D eigenvalue weighted by molar-refractivity contribution is 0.0995. The van der Waals surface area contributed by atoms with Crippen LogP contribution in [0, 0.1) is 0 Å². The highest BCUT2D eigenvalue weighted by molar-refractivity contribution is 6.30. The molecule has 0 atom stereocenters. The molecular weight excluding hydrogens is 228 g/mol. The van der Waals surface area contributed by atoms with E-state index in [1.54, 1.807) is 6.07 Å². The van der Waals surface area contributed by atoms with E-state index in [1.165, 1.54) is 10.9 Å². The van der Waals surface area contributed by atoms with Crippen LogP contribution in [-0.2, 0) is 6.54 Å². The molecule has 6 heteroatoms. The maximum absolute atomic E-state index is 10.8. The zero-order valence-corrected chi connectivity index (χ0v) is 9.05. The molecule has 0 bridgehead atoms. The molecule has 5 nitrogen and oxygen atoms in total. The summed E-state index contributed by atoms with van der Waals surface area (Å²) in [7, 11) is 0. The Morgan fingerprint density at radius 3 is 2.94 bits per heavy atom. The lowest BCUT2D eigenvalue weighted by Crippen LogP contribution is -2.11. The van der Waals surface area contributed by atoms with Crippen LogP contribution >= 0.6 is 11.6 Å². The molecule has 0 aliphatic heterocycles. The molecular formula is C10H9ClN4O. The third-order valence-corrected chi connectivity index (χ3v) is 2.26. The van der Waals surface area contributed by atoms with E-state index in [9.17, 15) is 4.79 Å². The van der Waals surface area contributed by atoms with Crippen LogP contribution in [0.25, 0.3) is 0 Å². The molecule has 0 aliphatic carbocycles. The van der Waals surface area contributed by atoms with Crippen molar-refractivity contribution in [1.29, 1.82) is 0 Å². The molecule has 0 fully saturated rings. The number of hydrogen-bond acceptors (Lipinski definition) is 3. The molecule has 0 unspecified atom stereocenters. The van der Waals surface area contributed by atoms with Crippen LogP contribution in [0.1, 0.15) is 16.1 Å². The number of primary amides is 1. The molecule has 0 spiro atoms. The van der Waals surface area contributed by atoms with Crippen LogP contribution in [0.3, 0.4) is 0 Å². The van der Waals surface area contributed by atoms with Gasteiger partial charge >= 0.3 is 0 Å². The fourth-order valence-corrected chi connectivity index (χ4v) is 1.52. The van der Waals surface area contributed by atoms with Crippen molar-refractivity contribution in [2.45, 2.75) is 6.54 Å². The van der Waals surface area contributed by atoms with Gasteiger partial charge in [0.15, 0.2) is 5.69 Å². The molecule has 0 saturated heterocycles. The second kappa shape index (κ2) is 4.32. The first-order valence-electron chi connectivity index (χ1n) is 4.59. The van der Waals surface area contributed by atoms with E-state index in [-0.39, 0.29) is 5.69 Å². The summed E-state index contributed by atoms with van der Waals surface area (Å²) >= 11 is 5.85. The number of nitrogens with zero attached hydrogens (tertiary/aromatic N) is 3. The fourth-order valence-electron chi connectivity index (χ4n) is 1.31. The predicted octanol–water partition coefficient (Wildman–Crippen LogP) is 1.08. The van der Waals surface area contributed by atoms with Crippen molar-refractivity contribution >= 4 is 17.5 Å². The summed E-state index contributed by atoms with van der Waals surface area (Å²) in [4.78, 5) is 10.8. The lowest BCUT2D eigenvalue weighted by Gasteiger charge is -2.00. The Hall–Kier alpha value is -1.88. The molecule has 2 rings (SSSR count). The Morgan fingerprint density at radius 1 is 1.50 bits per heavy atom. The number of aromatic nitrogens is 3. The SMILES string of the molecule is NC(=O)c1cn(Cc2cccc(Cl)c2)nn1. The highest BCUT2D eigenvalue weighted by Gasteiger charge is 2.06. The lowest BCUT2D eigenvalue weighted by atomic mass is 10.2. The van der Waals surface area contributed by atoms with Crippen LogP contribution in [0.5, 0.6) is 0 Å². The summed E-state index contributed by atoms with van der Waals surface area (Å²) in [5.74, 6) is -0.586. The number of benzene rings is 1. The van der Waals surface area contributed by atoms with Crippen LogP contribution in [0.4, 0.5) is 0 Å². The maximum Gasteiger partial charge on any atom is 0.270 e. The van der Waals surface area contributed by atoms with E-state index in [2.05, 4.69) is 10.3 Å². The Bertz CT molecular complexity index is 523. The Kier molecular flexibility index (Phi) is 2.87. The van der Waals surface area contributed by atoms with Crippen molar-refractivity contribution in [1.82, 2.24) is 15.0 Å². The topological polar surface area (TPSA) is 73.8 Å². The van der Waals surface area contributed by atoms with Gasteiger partial charge in [0, 0.05) is 5.02 Å². The quantitative estimate of drug-likeness (QED) is 0.867. The molecule has 16 heavy (non-hydrogen) atoms. The highest BCUT2D eigenvalue weighted by atomic mass is 35.5. The average Bonchev–Trinajstić information content (AvgIpc) is 2.66. The van der Waals surface area contributed by atoms with Crippen molar-refractivity contribution in [2.75, 3.05) is 0 Å². The summed E-state index contributed by atoms with van der Waals surface area (Å²) in [5, 5.41) is 8.08. The standard InChI is InChI=1S/C10H9ClN4O/c11-8-3-1-2-7(4-8)5-15-6-9(10(12)16)13-14-15/h1-4,6H,5H2,(H2,12,16). The number of carbonyl (C=O) groups is 1. The van der Waals surface area contributed by atoms with Crippen LogP contribution in [0.15, 0.2) is 30.5 Å². The van der Waals surface area contributed by atoms with Gasteiger partial charge in [0.1, 0.15) is 0 Å². The van der Waals surface area contributed by atoms with Gasteiger partial charge in [-0.05, 0) is 17.7 Å². The van der Waals surface area contributed by atoms with Crippen LogP contribution < -0.4 is 5.73 Å². The highest BCUT2D eigenvalue weighted by Crippen LogP contribution is 2.11. The van der Waals surface area contributed by atoms with Crippen molar-refractivity contribution in [3.05, 3.63) is 46.7 Å². The minimum absolute atomic E-state index is 0.155. The van der Waals surface area contributed by atoms with E-state index in [1.807, 2.05) is 18.2 Å². The van der Waals surface area contributed by atoms with Crippen molar-refractivity contribution in [2.24, 2.45) is 5.73 Å². The van der Waals surface area contributed by atoms with Gasteiger partial charge in [0.2, 0.25) is 0 Å². The third-order valence-electron chi connectivity index (χ3n) is 2.02. The summed E-state index contributed by atoms with van der Waals surface area (Å²) in [6.07, 6.45) is 1.50. The third kappa shape index (κ3) is 2.38. The van der Waals surface area contributed by atoms with E-state index in [4.69, 9.17) is 17.3 Å².